The van der Waals surface area contributed by atoms with Crippen LogP contribution in [-0.2, 0) is 12.8 Å². The van der Waals surface area contributed by atoms with Gasteiger partial charge in [0.15, 0.2) is 0 Å². The molecule has 6 heteroatoms. The Labute approximate surface area is 151 Å². The zero-order valence-corrected chi connectivity index (χ0v) is 15.2. The van der Waals surface area contributed by atoms with E-state index >= 15 is 0 Å². The highest BCUT2D eigenvalue weighted by Crippen LogP contribution is 2.28. The second kappa shape index (κ2) is 6.36. The molecule has 2 aromatic carbocycles. The van der Waals surface area contributed by atoms with Gasteiger partial charge in [0.2, 0.25) is 0 Å². The average molecular weight is 379 g/mol. The molecule has 0 N–H and O–H groups in total. The molecule has 0 spiro atoms. The molecule has 0 aliphatic heterocycles. The number of rotatable bonds is 4. The minimum atomic E-state index is 0.765. The van der Waals surface area contributed by atoms with E-state index < -0.39 is 0 Å². The highest BCUT2D eigenvalue weighted by Gasteiger charge is 2.07. The second-order valence-corrected chi connectivity index (χ2v) is 8.40. The first-order valence-corrected chi connectivity index (χ1v) is 9.66. The first kappa shape index (κ1) is 15.3. The van der Waals surface area contributed by atoms with E-state index in [1.807, 2.05) is 36.4 Å². The van der Waals surface area contributed by atoms with Crippen LogP contribution in [0.4, 0.5) is 0 Å². The van der Waals surface area contributed by atoms with Gasteiger partial charge < -0.3 is 0 Å². The van der Waals surface area contributed by atoms with E-state index in [2.05, 4.69) is 9.97 Å². The lowest BCUT2D eigenvalue weighted by molar-refractivity contribution is 0.812. The summed E-state index contributed by atoms with van der Waals surface area (Å²) in [5.41, 5.74) is 2.06. The molecule has 0 amide bonds. The Hall–Kier alpha value is -1.20. The van der Waals surface area contributed by atoms with Crippen molar-refractivity contribution in [1.82, 2.24) is 9.97 Å². The van der Waals surface area contributed by atoms with E-state index in [1.165, 1.54) is 0 Å². The molecule has 0 unspecified atom stereocenters. The van der Waals surface area contributed by atoms with E-state index in [0.717, 1.165) is 59.8 Å². The van der Waals surface area contributed by atoms with E-state index in [-0.39, 0.29) is 0 Å². The fourth-order valence-corrected chi connectivity index (χ4v) is 5.07. The summed E-state index contributed by atoms with van der Waals surface area (Å²) in [6, 6.07) is 11.7. The number of nitrogens with zero attached hydrogens (tertiary/aromatic N) is 2. The molecule has 0 aliphatic rings. The van der Waals surface area contributed by atoms with Crippen LogP contribution in [0.15, 0.2) is 36.4 Å². The van der Waals surface area contributed by atoms with Crippen molar-refractivity contribution in [3.63, 3.8) is 0 Å². The van der Waals surface area contributed by atoms with E-state index in [4.69, 9.17) is 23.2 Å². The molecule has 116 valence electrons. The molecule has 0 radical (unpaired) electrons. The summed E-state index contributed by atoms with van der Waals surface area (Å²) >= 11 is 15.5. The van der Waals surface area contributed by atoms with Gasteiger partial charge in [0.25, 0.3) is 0 Å². The number of halogens is 2. The summed E-state index contributed by atoms with van der Waals surface area (Å²) in [5, 5.41) is 3.85. The van der Waals surface area contributed by atoms with Gasteiger partial charge in [0.05, 0.1) is 30.4 Å². The third-order valence-corrected chi connectivity index (χ3v) is 6.20. The highest BCUT2D eigenvalue weighted by molar-refractivity contribution is 7.19. The van der Waals surface area contributed by atoms with Crippen molar-refractivity contribution >= 4 is 66.3 Å². The first-order chi connectivity index (χ1) is 11.2. The first-order valence-electron chi connectivity index (χ1n) is 7.27. The smallest absolute Gasteiger partial charge is 0.0938 e. The number of aromatic nitrogens is 2. The van der Waals surface area contributed by atoms with Crippen molar-refractivity contribution in [2.45, 2.75) is 19.3 Å². The Morgan fingerprint density at radius 2 is 1.22 bits per heavy atom. The van der Waals surface area contributed by atoms with E-state index in [9.17, 15) is 0 Å². The number of fused-ring (bicyclic) bond motifs is 2. The fraction of sp³-hybridized carbons (Fsp3) is 0.176. The Morgan fingerprint density at radius 1 is 0.739 bits per heavy atom. The van der Waals surface area contributed by atoms with Gasteiger partial charge in [-0.25, -0.2) is 9.97 Å². The number of hydrogen-bond acceptors (Lipinski definition) is 4. The third-order valence-electron chi connectivity index (χ3n) is 3.57. The normalized spacial score (nSPS) is 11.6. The van der Waals surface area contributed by atoms with Crippen molar-refractivity contribution in [3.05, 3.63) is 56.5 Å². The van der Waals surface area contributed by atoms with Crippen molar-refractivity contribution in [2.75, 3.05) is 0 Å². The second-order valence-electron chi connectivity index (χ2n) is 5.29. The molecule has 2 nitrogen and oxygen atoms in total. The van der Waals surface area contributed by atoms with Gasteiger partial charge in [-0.1, -0.05) is 23.2 Å². The molecule has 0 fully saturated rings. The molecule has 0 atom stereocenters. The summed E-state index contributed by atoms with van der Waals surface area (Å²) in [4.78, 5) is 9.33. The zero-order valence-electron chi connectivity index (χ0n) is 12.1. The summed E-state index contributed by atoms with van der Waals surface area (Å²) in [5.74, 6) is 0. The van der Waals surface area contributed by atoms with Gasteiger partial charge in [-0.2, -0.15) is 0 Å². The Bertz CT molecular complexity index is 911. The summed E-state index contributed by atoms with van der Waals surface area (Å²) in [7, 11) is 0. The summed E-state index contributed by atoms with van der Waals surface area (Å²) in [6.07, 6.45) is 2.97. The molecule has 0 aliphatic carbocycles. The van der Waals surface area contributed by atoms with E-state index in [1.54, 1.807) is 22.7 Å². The Kier molecular flexibility index (Phi) is 4.24. The van der Waals surface area contributed by atoms with Crippen molar-refractivity contribution in [1.29, 1.82) is 0 Å². The molecule has 4 aromatic rings. The highest BCUT2D eigenvalue weighted by atomic mass is 35.5. The van der Waals surface area contributed by atoms with Crippen LogP contribution in [0.3, 0.4) is 0 Å². The van der Waals surface area contributed by atoms with Crippen LogP contribution in [0.5, 0.6) is 0 Å². The molecule has 23 heavy (non-hydrogen) atoms. The van der Waals surface area contributed by atoms with E-state index in [0.29, 0.717) is 0 Å². The minimum absolute atomic E-state index is 0.765. The molecular weight excluding hydrogens is 367 g/mol. The number of benzene rings is 2. The van der Waals surface area contributed by atoms with Crippen molar-refractivity contribution < 1.29 is 0 Å². The Morgan fingerprint density at radius 3 is 1.70 bits per heavy atom. The molecule has 0 bridgehead atoms. The van der Waals surface area contributed by atoms with Crippen LogP contribution in [0, 0.1) is 0 Å². The zero-order chi connectivity index (χ0) is 15.8. The molecule has 2 aromatic heterocycles. The predicted molar refractivity (Wildman–Crippen MR) is 101 cm³/mol. The molecule has 0 saturated carbocycles. The van der Waals surface area contributed by atoms with Crippen LogP contribution < -0.4 is 0 Å². The SMILES string of the molecule is Clc1ccc2nc(CCCc3nc4ccc(Cl)cc4s3)sc2c1. The lowest BCUT2D eigenvalue weighted by atomic mass is 10.2. The van der Waals surface area contributed by atoms with Gasteiger partial charge in [0.1, 0.15) is 0 Å². The molecule has 0 saturated heterocycles. The van der Waals surface area contributed by atoms with Gasteiger partial charge >= 0.3 is 0 Å². The predicted octanol–water partition coefficient (Wildman–Crippen LogP) is 6.39. The van der Waals surface area contributed by atoms with Gasteiger partial charge in [-0.15, -0.1) is 22.7 Å². The van der Waals surface area contributed by atoms with Crippen molar-refractivity contribution in [3.8, 4) is 0 Å². The maximum Gasteiger partial charge on any atom is 0.0938 e. The van der Waals surface area contributed by atoms with Gasteiger partial charge in [-0.05, 0) is 55.7 Å². The molecular formula is C17H12Cl2N2S2. The average Bonchev–Trinajstić information content (AvgIpc) is 3.09. The largest absolute Gasteiger partial charge is 0.241 e. The number of thiazole rings is 2. The van der Waals surface area contributed by atoms with Crippen LogP contribution in [0.1, 0.15) is 16.4 Å². The molecule has 4 rings (SSSR count). The maximum absolute atomic E-state index is 6.02. The monoisotopic (exact) mass is 378 g/mol. The number of hydrogen-bond donors (Lipinski definition) is 0. The third kappa shape index (κ3) is 3.36. The maximum atomic E-state index is 6.02. The summed E-state index contributed by atoms with van der Waals surface area (Å²) in [6.45, 7) is 0. The lowest BCUT2D eigenvalue weighted by Gasteiger charge is -1.94. The van der Waals surface area contributed by atoms with Crippen molar-refractivity contribution in [2.24, 2.45) is 0 Å². The number of aryl methyl sites for hydroxylation is 2. The molecule has 2 heterocycles. The van der Waals surface area contributed by atoms with Crippen LogP contribution in [-0.4, -0.2) is 9.97 Å². The minimum Gasteiger partial charge on any atom is -0.241 e. The van der Waals surface area contributed by atoms with Gasteiger partial charge in [0, 0.05) is 10.0 Å². The topological polar surface area (TPSA) is 25.8 Å². The van der Waals surface area contributed by atoms with Gasteiger partial charge in [-0.3, -0.25) is 0 Å². The Balaban J connectivity index is 1.45. The van der Waals surface area contributed by atoms with Crippen LogP contribution in [0.25, 0.3) is 20.4 Å². The van der Waals surface area contributed by atoms with Crippen LogP contribution in [0.2, 0.25) is 10.0 Å². The van der Waals surface area contributed by atoms with Crippen LogP contribution >= 0.6 is 45.9 Å². The standard InChI is InChI=1S/C17H12Cl2N2S2/c18-10-4-6-12-14(8-10)22-16(20-12)2-1-3-17-21-13-7-5-11(19)9-15(13)23-17/h4-9H,1-3H2. The fourth-order valence-electron chi connectivity index (χ4n) is 2.50. The lowest BCUT2D eigenvalue weighted by Crippen LogP contribution is -1.88. The quantitative estimate of drug-likeness (QED) is 0.411. The summed E-state index contributed by atoms with van der Waals surface area (Å²) < 4.78 is 2.31.